The Bertz CT molecular complexity index is 787. The maximum atomic E-state index is 13.7. The van der Waals surface area contributed by atoms with Crippen LogP contribution in [0.4, 0.5) is 4.39 Å². The Morgan fingerprint density at radius 1 is 1.22 bits per heavy atom. The summed E-state index contributed by atoms with van der Waals surface area (Å²) in [5.41, 5.74) is 8.23. The van der Waals surface area contributed by atoms with Gasteiger partial charge in [0.15, 0.2) is 0 Å². The van der Waals surface area contributed by atoms with Crippen molar-refractivity contribution >= 4 is 11.3 Å². The van der Waals surface area contributed by atoms with Gasteiger partial charge in [0.25, 0.3) is 0 Å². The number of aromatic nitrogens is 1. The summed E-state index contributed by atoms with van der Waals surface area (Å²) in [7, 11) is 0. The molecular weight excluding hydrogens is 311 g/mol. The summed E-state index contributed by atoms with van der Waals surface area (Å²) in [6.45, 7) is 2.30. The number of hydrogen-bond donors (Lipinski definition) is 1. The van der Waals surface area contributed by atoms with Crippen molar-refractivity contribution in [1.82, 2.24) is 4.98 Å². The Balaban J connectivity index is 1.88. The molecule has 0 aliphatic carbocycles. The topological polar surface area (TPSA) is 48.1 Å². The van der Waals surface area contributed by atoms with E-state index in [4.69, 9.17) is 10.5 Å². The maximum absolute atomic E-state index is 13.7. The van der Waals surface area contributed by atoms with Crippen LogP contribution in [0.15, 0.2) is 53.9 Å². The third kappa shape index (κ3) is 3.75. The van der Waals surface area contributed by atoms with E-state index in [0.717, 1.165) is 10.6 Å². The molecule has 0 aliphatic heterocycles. The van der Waals surface area contributed by atoms with Gasteiger partial charge in [0.05, 0.1) is 11.7 Å². The second kappa shape index (κ2) is 6.89. The average Bonchev–Trinajstić information content (AvgIpc) is 3.05. The number of hydrogen-bond acceptors (Lipinski definition) is 4. The second-order valence-corrected chi connectivity index (χ2v) is 6.16. The van der Waals surface area contributed by atoms with Crippen LogP contribution in [0.1, 0.15) is 23.5 Å². The zero-order chi connectivity index (χ0) is 16.2. The summed E-state index contributed by atoms with van der Waals surface area (Å²) in [5, 5.41) is 2.70. The zero-order valence-corrected chi connectivity index (χ0v) is 13.5. The Morgan fingerprint density at radius 2 is 2.00 bits per heavy atom. The molecule has 1 aromatic heterocycles. The van der Waals surface area contributed by atoms with E-state index in [1.165, 1.54) is 23.5 Å². The van der Waals surface area contributed by atoms with Crippen LogP contribution in [-0.2, 0) is 6.61 Å². The van der Waals surface area contributed by atoms with Crippen molar-refractivity contribution in [3.63, 3.8) is 0 Å². The first-order chi connectivity index (χ1) is 11.1. The van der Waals surface area contributed by atoms with Gasteiger partial charge in [-0.3, -0.25) is 0 Å². The number of thiazole rings is 1. The van der Waals surface area contributed by atoms with Crippen LogP contribution < -0.4 is 10.5 Å². The van der Waals surface area contributed by atoms with Crippen LogP contribution >= 0.6 is 11.3 Å². The van der Waals surface area contributed by atoms with E-state index in [0.29, 0.717) is 23.6 Å². The van der Waals surface area contributed by atoms with Crippen molar-refractivity contribution in [2.75, 3.05) is 0 Å². The zero-order valence-electron chi connectivity index (χ0n) is 12.7. The number of halogens is 1. The fourth-order valence-corrected chi connectivity index (χ4v) is 2.96. The number of benzene rings is 2. The molecule has 23 heavy (non-hydrogen) atoms. The molecule has 0 saturated heterocycles. The molecule has 0 saturated carbocycles. The molecule has 2 aromatic carbocycles. The monoisotopic (exact) mass is 328 g/mol. The summed E-state index contributed by atoms with van der Waals surface area (Å²) in [4.78, 5) is 4.48. The SMILES string of the molecule is CC(N)c1nc(-c2cc(F)ccc2OCc2ccccc2)cs1. The minimum atomic E-state index is -0.317. The predicted octanol–water partition coefficient (Wildman–Crippen LogP) is 4.55. The molecule has 2 N–H and O–H groups in total. The summed E-state index contributed by atoms with van der Waals surface area (Å²) in [5.74, 6) is 0.291. The standard InChI is InChI=1S/C18H17FN2OS/c1-12(20)18-21-16(11-23-18)15-9-14(19)7-8-17(15)22-10-13-5-3-2-4-6-13/h2-9,11-12H,10,20H2,1H3. The van der Waals surface area contributed by atoms with Crippen molar-refractivity contribution in [3.05, 3.63) is 70.3 Å². The molecule has 0 radical (unpaired) electrons. The number of nitrogens with zero attached hydrogens (tertiary/aromatic N) is 1. The molecule has 1 heterocycles. The molecule has 3 rings (SSSR count). The molecule has 1 atom stereocenters. The largest absolute Gasteiger partial charge is 0.488 e. The molecule has 5 heteroatoms. The van der Waals surface area contributed by atoms with Crippen LogP contribution in [0, 0.1) is 5.82 Å². The normalized spacial score (nSPS) is 12.1. The van der Waals surface area contributed by atoms with Crippen LogP contribution in [0.25, 0.3) is 11.3 Å². The first-order valence-electron chi connectivity index (χ1n) is 7.31. The molecule has 1 unspecified atom stereocenters. The molecule has 0 fully saturated rings. The molecule has 3 nitrogen and oxygen atoms in total. The van der Waals surface area contributed by atoms with E-state index in [-0.39, 0.29) is 11.9 Å². The minimum absolute atomic E-state index is 0.143. The fraction of sp³-hybridized carbons (Fsp3) is 0.167. The van der Waals surface area contributed by atoms with Crippen LogP contribution in [0.5, 0.6) is 5.75 Å². The summed E-state index contributed by atoms with van der Waals surface area (Å²) < 4.78 is 19.5. The smallest absolute Gasteiger partial charge is 0.129 e. The van der Waals surface area contributed by atoms with Gasteiger partial charge in [-0.05, 0) is 30.7 Å². The summed E-state index contributed by atoms with van der Waals surface area (Å²) in [6, 6.07) is 14.2. The fourth-order valence-electron chi connectivity index (χ4n) is 2.18. The Labute approximate surface area is 138 Å². The van der Waals surface area contributed by atoms with Crippen molar-refractivity contribution < 1.29 is 9.13 Å². The highest BCUT2D eigenvalue weighted by Gasteiger charge is 2.13. The minimum Gasteiger partial charge on any atom is -0.488 e. The highest BCUT2D eigenvalue weighted by Crippen LogP contribution is 2.33. The van der Waals surface area contributed by atoms with Gasteiger partial charge in [0.2, 0.25) is 0 Å². The van der Waals surface area contributed by atoms with E-state index in [1.807, 2.05) is 42.6 Å². The van der Waals surface area contributed by atoms with Gasteiger partial charge >= 0.3 is 0 Å². The summed E-state index contributed by atoms with van der Waals surface area (Å²) >= 11 is 1.47. The van der Waals surface area contributed by atoms with Crippen LogP contribution in [-0.4, -0.2) is 4.98 Å². The molecule has 0 aliphatic rings. The molecule has 0 spiro atoms. The lowest BCUT2D eigenvalue weighted by atomic mass is 10.1. The van der Waals surface area contributed by atoms with E-state index in [9.17, 15) is 4.39 Å². The van der Waals surface area contributed by atoms with Crippen LogP contribution in [0.3, 0.4) is 0 Å². The van der Waals surface area contributed by atoms with Crippen molar-refractivity contribution in [2.24, 2.45) is 5.73 Å². The van der Waals surface area contributed by atoms with Gasteiger partial charge in [-0.15, -0.1) is 11.3 Å². The van der Waals surface area contributed by atoms with Gasteiger partial charge in [-0.25, -0.2) is 9.37 Å². The first-order valence-corrected chi connectivity index (χ1v) is 8.19. The quantitative estimate of drug-likeness (QED) is 0.747. The molecule has 118 valence electrons. The lowest BCUT2D eigenvalue weighted by Gasteiger charge is -2.10. The maximum Gasteiger partial charge on any atom is 0.129 e. The number of ether oxygens (including phenoxy) is 1. The molecule has 3 aromatic rings. The van der Waals surface area contributed by atoms with Gasteiger partial charge < -0.3 is 10.5 Å². The molecule has 0 amide bonds. The Morgan fingerprint density at radius 3 is 2.70 bits per heavy atom. The van der Waals surface area contributed by atoms with Gasteiger partial charge in [0.1, 0.15) is 23.2 Å². The van der Waals surface area contributed by atoms with E-state index >= 15 is 0 Å². The third-order valence-electron chi connectivity index (χ3n) is 3.37. The van der Waals surface area contributed by atoms with Gasteiger partial charge in [0, 0.05) is 10.9 Å². The predicted molar refractivity (Wildman–Crippen MR) is 90.9 cm³/mol. The Kier molecular flexibility index (Phi) is 4.69. The van der Waals surface area contributed by atoms with Gasteiger partial charge in [-0.1, -0.05) is 30.3 Å². The lowest BCUT2D eigenvalue weighted by Crippen LogP contribution is -2.04. The highest BCUT2D eigenvalue weighted by molar-refractivity contribution is 7.10. The first kappa shape index (κ1) is 15.6. The van der Waals surface area contributed by atoms with Crippen molar-refractivity contribution in [3.8, 4) is 17.0 Å². The average molecular weight is 328 g/mol. The lowest BCUT2D eigenvalue weighted by molar-refractivity contribution is 0.307. The third-order valence-corrected chi connectivity index (χ3v) is 4.41. The van der Waals surface area contributed by atoms with E-state index in [2.05, 4.69) is 4.98 Å². The number of rotatable bonds is 5. The highest BCUT2D eigenvalue weighted by atomic mass is 32.1. The van der Waals surface area contributed by atoms with Crippen LogP contribution in [0.2, 0.25) is 0 Å². The van der Waals surface area contributed by atoms with Gasteiger partial charge in [-0.2, -0.15) is 0 Å². The second-order valence-electron chi connectivity index (χ2n) is 5.27. The Hall–Kier alpha value is -2.24. The molecule has 0 bridgehead atoms. The van der Waals surface area contributed by atoms with Crippen molar-refractivity contribution in [2.45, 2.75) is 19.6 Å². The number of nitrogens with two attached hydrogens (primary N) is 1. The van der Waals surface area contributed by atoms with Crippen molar-refractivity contribution in [1.29, 1.82) is 0 Å². The summed E-state index contributed by atoms with van der Waals surface area (Å²) in [6.07, 6.45) is 0. The van der Waals surface area contributed by atoms with E-state index < -0.39 is 0 Å². The van der Waals surface area contributed by atoms with E-state index in [1.54, 1.807) is 6.07 Å². The molecular formula is C18H17FN2OS.